The number of aryl methyl sites for hydroxylation is 1. The summed E-state index contributed by atoms with van der Waals surface area (Å²) in [6, 6.07) is 20.0. The first kappa shape index (κ1) is 20.0. The van der Waals surface area contributed by atoms with Gasteiger partial charge >= 0.3 is 0 Å². The van der Waals surface area contributed by atoms with Crippen molar-refractivity contribution >= 4 is 51.6 Å². The maximum Gasteiger partial charge on any atom is 0.293 e. The lowest BCUT2D eigenvalue weighted by Gasteiger charge is -2.12. The molecule has 0 atom stereocenters. The normalized spacial score (nSPS) is 15.6. The summed E-state index contributed by atoms with van der Waals surface area (Å²) in [6.07, 6.45) is 1.83. The number of amides is 2. The van der Waals surface area contributed by atoms with Gasteiger partial charge in [-0.05, 0) is 95.7 Å². The zero-order valence-electron chi connectivity index (χ0n) is 16.1. The number of imide groups is 1. The maximum absolute atomic E-state index is 12.9. The second-order valence-corrected chi connectivity index (χ2v) is 9.13. The maximum atomic E-state index is 12.9. The average molecular weight is 514 g/mol. The number of thioether (sulfide) groups is 1. The van der Waals surface area contributed by atoms with Gasteiger partial charge in [-0.15, -0.1) is 0 Å². The second-order valence-electron chi connectivity index (χ2n) is 6.89. The number of carbonyl (C=O) groups is 2. The monoisotopic (exact) mass is 514 g/mol. The molecule has 3 aromatic rings. The topological polar surface area (TPSA) is 42.3 Å². The summed E-state index contributed by atoms with van der Waals surface area (Å²) in [5, 5.41) is -0.225. The highest BCUT2D eigenvalue weighted by Gasteiger charge is 2.35. The molecule has 1 aliphatic heterocycles. The van der Waals surface area contributed by atoms with Crippen LogP contribution in [0.25, 0.3) is 11.8 Å². The lowest BCUT2D eigenvalue weighted by atomic mass is 10.2. The van der Waals surface area contributed by atoms with E-state index in [1.165, 1.54) is 4.90 Å². The third kappa shape index (κ3) is 4.04. The zero-order chi connectivity index (χ0) is 20.5. The number of hydrogen-bond acceptors (Lipinski definition) is 3. The fourth-order valence-corrected chi connectivity index (χ4v) is 4.65. The first-order chi connectivity index (χ1) is 13.9. The minimum atomic E-state index is -0.233. The minimum absolute atomic E-state index is 0.225. The van der Waals surface area contributed by atoms with E-state index in [1.54, 1.807) is 0 Å². The molecule has 1 aliphatic rings. The van der Waals surface area contributed by atoms with Gasteiger partial charge in [-0.3, -0.25) is 14.5 Å². The van der Waals surface area contributed by atoms with E-state index < -0.39 is 0 Å². The van der Waals surface area contributed by atoms with E-state index in [0.29, 0.717) is 11.4 Å². The van der Waals surface area contributed by atoms with Crippen LogP contribution in [-0.4, -0.2) is 20.6 Å². The Morgan fingerprint density at radius 1 is 1.00 bits per heavy atom. The third-order valence-corrected chi connectivity index (χ3v) is 6.53. The van der Waals surface area contributed by atoms with Gasteiger partial charge in [0.05, 0.1) is 11.4 Å². The van der Waals surface area contributed by atoms with Crippen molar-refractivity contribution in [3.8, 4) is 5.69 Å². The third-order valence-electron chi connectivity index (χ3n) is 4.90. The molecule has 6 heteroatoms. The number of para-hydroxylation sites is 1. The van der Waals surface area contributed by atoms with Crippen molar-refractivity contribution in [2.75, 3.05) is 0 Å². The van der Waals surface area contributed by atoms with Crippen LogP contribution in [0.1, 0.15) is 22.5 Å². The SMILES string of the molecule is Cc1cc(/C=C2/SC(=O)N(Cc3ccc(I)cc3)C2=O)c(C)n1-c1ccccc1. The highest BCUT2D eigenvalue weighted by atomic mass is 127. The van der Waals surface area contributed by atoms with Gasteiger partial charge in [0.25, 0.3) is 11.1 Å². The van der Waals surface area contributed by atoms with E-state index >= 15 is 0 Å². The predicted octanol–water partition coefficient (Wildman–Crippen LogP) is 5.94. The van der Waals surface area contributed by atoms with Gasteiger partial charge in [-0.2, -0.15) is 0 Å². The molecule has 29 heavy (non-hydrogen) atoms. The van der Waals surface area contributed by atoms with Crippen LogP contribution in [0.3, 0.4) is 0 Å². The molecule has 2 heterocycles. The molecule has 0 bridgehead atoms. The van der Waals surface area contributed by atoms with Crippen molar-refractivity contribution < 1.29 is 9.59 Å². The van der Waals surface area contributed by atoms with Crippen molar-refractivity contribution in [1.29, 1.82) is 0 Å². The number of aromatic nitrogens is 1. The van der Waals surface area contributed by atoms with Crippen molar-refractivity contribution in [2.45, 2.75) is 20.4 Å². The molecule has 1 saturated heterocycles. The number of hydrogen-bond donors (Lipinski definition) is 0. The molecular weight excluding hydrogens is 495 g/mol. The van der Waals surface area contributed by atoms with E-state index in [4.69, 9.17) is 0 Å². The minimum Gasteiger partial charge on any atom is -0.318 e. The number of nitrogens with zero attached hydrogens (tertiary/aromatic N) is 2. The fourth-order valence-electron chi connectivity index (χ4n) is 3.46. The Kier molecular flexibility index (Phi) is 5.65. The second kappa shape index (κ2) is 8.20. The van der Waals surface area contributed by atoms with E-state index in [-0.39, 0.29) is 11.1 Å². The van der Waals surface area contributed by atoms with Crippen molar-refractivity contribution in [3.05, 3.63) is 91.7 Å². The molecule has 1 fully saturated rings. The van der Waals surface area contributed by atoms with E-state index in [2.05, 4.69) is 45.4 Å². The van der Waals surface area contributed by atoms with Crippen molar-refractivity contribution in [1.82, 2.24) is 9.47 Å². The lowest BCUT2D eigenvalue weighted by Crippen LogP contribution is -2.27. The Balaban J connectivity index is 1.62. The Bertz CT molecular complexity index is 1120. The quantitative estimate of drug-likeness (QED) is 0.320. The van der Waals surface area contributed by atoms with Crippen LogP contribution < -0.4 is 0 Å². The van der Waals surface area contributed by atoms with Gasteiger partial charge in [-0.1, -0.05) is 30.3 Å². The molecule has 2 aromatic carbocycles. The van der Waals surface area contributed by atoms with Gasteiger partial charge in [0.2, 0.25) is 0 Å². The Labute approximate surface area is 187 Å². The van der Waals surface area contributed by atoms with Crippen LogP contribution in [0, 0.1) is 17.4 Å². The molecule has 2 amide bonds. The van der Waals surface area contributed by atoms with Crippen LogP contribution in [0.15, 0.2) is 65.6 Å². The summed E-state index contributed by atoms with van der Waals surface area (Å²) < 4.78 is 3.27. The molecule has 0 unspecified atom stereocenters. The van der Waals surface area contributed by atoms with Crippen molar-refractivity contribution in [2.24, 2.45) is 0 Å². The Morgan fingerprint density at radius 3 is 2.38 bits per heavy atom. The molecule has 4 nitrogen and oxygen atoms in total. The number of benzene rings is 2. The molecule has 0 radical (unpaired) electrons. The van der Waals surface area contributed by atoms with Gasteiger partial charge in [0, 0.05) is 20.6 Å². The summed E-state index contributed by atoms with van der Waals surface area (Å²) in [4.78, 5) is 27.1. The molecule has 0 aliphatic carbocycles. The van der Waals surface area contributed by atoms with E-state index in [0.717, 1.165) is 43.5 Å². The summed E-state index contributed by atoms with van der Waals surface area (Å²) in [6.45, 7) is 4.36. The van der Waals surface area contributed by atoms with E-state index in [1.807, 2.05) is 62.4 Å². The number of rotatable bonds is 4. The standard InChI is InChI=1S/C23H19IN2O2S/c1-15-12-18(16(2)26(15)20-6-4-3-5-7-20)13-21-22(27)25(23(28)29-21)14-17-8-10-19(24)11-9-17/h3-13H,14H2,1-2H3/b21-13+. The molecular formula is C23H19IN2O2S. The highest BCUT2D eigenvalue weighted by molar-refractivity contribution is 14.1. The first-order valence-corrected chi connectivity index (χ1v) is 11.1. The average Bonchev–Trinajstić information content (AvgIpc) is 3.14. The number of carbonyl (C=O) groups excluding carboxylic acids is 2. The summed E-state index contributed by atoms with van der Waals surface area (Å²) in [5.41, 5.74) is 5.09. The molecule has 4 rings (SSSR count). The molecule has 1 aromatic heterocycles. The lowest BCUT2D eigenvalue weighted by molar-refractivity contribution is -0.123. The molecule has 0 saturated carbocycles. The van der Waals surface area contributed by atoms with Crippen LogP contribution in [0.5, 0.6) is 0 Å². The molecule has 0 N–H and O–H groups in total. The van der Waals surface area contributed by atoms with Crippen LogP contribution in [0.2, 0.25) is 0 Å². The number of halogens is 1. The highest BCUT2D eigenvalue weighted by Crippen LogP contribution is 2.34. The smallest absolute Gasteiger partial charge is 0.293 e. The first-order valence-electron chi connectivity index (χ1n) is 9.18. The molecule has 146 valence electrons. The van der Waals surface area contributed by atoms with Crippen molar-refractivity contribution in [3.63, 3.8) is 0 Å². The van der Waals surface area contributed by atoms with Crippen LogP contribution >= 0.6 is 34.4 Å². The summed E-state index contributed by atoms with van der Waals surface area (Å²) >= 11 is 3.24. The van der Waals surface area contributed by atoms with Crippen LogP contribution in [-0.2, 0) is 11.3 Å². The largest absolute Gasteiger partial charge is 0.318 e. The Hall–Kier alpha value is -2.32. The van der Waals surface area contributed by atoms with Gasteiger partial charge in [-0.25, -0.2) is 0 Å². The van der Waals surface area contributed by atoms with Gasteiger partial charge in [0.1, 0.15) is 0 Å². The van der Waals surface area contributed by atoms with Gasteiger partial charge in [0.15, 0.2) is 0 Å². The zero-order valence-corrected chi connectivity index (χ0v) is 19.0. The predicted molar refractivity (Wildman–Crippen MR) is 126 cm³/mol. The van der Waals surface area contributed by atoms with Gasteiger partial charge < -0.3 is 4.57 Å². The van der Waals surface area contributed by atoms with E-state index in [9.17, 15) is 9.59 Å². The molecule has 0 spiro atoms. The van der Waals surface area contributed by atoms with Crippen LogP contribution in [0.4, 0.5) is 4.79 Å². The summed E-state index contributed by atoms with van der Waals surface area (Å²) in [5.74, 6) is -0.233. The summed E-state index contributed by atoms with van der Waals surface area (Å²) in [7, 11) is 0. The Morgan fingerprint density at radius 2 is 1.69 bits per heavy atom. The fraction of sp³-hybridized carbons (Fsp3) is 0.130.